The maximum absolute atomic E-state index is 13.4. The second-order valence-electron chi connectivity index (χ2n) is 13.4. The highest BCUT2D eigenvalue weighted by Gasteiger charge is 2.33. The molecule has 0 aliphatic carbocycles. The summed E-state index contributed by atoms with van der Waals surface area (Å²) in [7, 11) is 0. The molecule has 0 unspecified atom stereocenters. The number of aromatic amines is 1. The van der Waals surface area contributed by atoms with Gasteiger partial charge in [-0.05, 0) is 108 Å². The van der Waals surface area contributed by atoms with Gasteiger partial charge in [-0.25, -0.2) is 4.79 Å². The summed E-state index contributed by atoms with van der Waals surface area (Å²) in [5.74, 6) is 1.07. The number of H-pyrrole nitrogens is 1. The van der Waals surface area contributed by atoms with Crippen molar-refractivity contribution in [3.8, 4) is 11.3 Å². The van der Waals surface area contributed by atoms with Crippen LogP contribution in [0.15, 0.2) is 30.3 Å². The van der Waals surface area contributed by atoms with E-state index in [4.69, 9.17) is 4.74 Å². The third-order valence-electron chi connectivity index (χ3n) is 8.58. The minimum Gasteiger partial charge on any atom is -0.444 e. The number of aryl methyl sites for hydroxylation is 2. The Morgan fingerprint density at radius 3 is 2.12 bits per heavy atom. The number of hydrogen-bond donors (Lipinski definition) is 1. The normalized spacial score (nSPS) is 17.5. The first-order valence-corrected chi connectivity index (χ1v) is 15.3. The number of likely N-dealkylation sites (tertiary alicyclic amines) is 2. The SMILES string of the molecule is Cc1cc(-c2[nH]c3ccc(C4CCN(C(=O)C5CCN(C(=O)OC(C)(C)C)CC5)CC4)cc3c2C(C)C)cc(C)n1. The topological polar surface area (TPSA) is 78.5 Å². The maximum Gasteiger partial charge on any atom is 0.410 e. The van der Waals surface area contributed by atoms with Crippen LogP contribution in [0.4, 0.5) is 4.79 Å². The third-order valence-corrected chi connectivity index (χ3v) is 8.58. The number of hydrogen-bond acceptors (Lipinski definition) is 4. The Bertz CT molecular complexity index is 1400. The van der Waals surface area contributed by atoms with Gasteiger partial charge in [0.2, 0.25) is 5.91 Å². The van der Waals surface area contributed by atoms with Gasteiger partial charge in [-0.3, -0.25) is 9.78 Å². The molecule has 2 aliphatic heterocycles. The van der Waals surface area contributed by atoms with Gasteiger partial charge >= 0.3 is 6.09 Å². The Kier molecular flexibility index (Phi) is 8.18. The molecule has 0 bridgehead atoms. The number of ether oxygens (including phenoxy) is 1. The molecule has 2 fully saturated rings. The maximum atomic E-state index is 13.4. The van der Waals surface area contributed by atoms with Crippen molar-refractivity contribution in [3.05, 3.63) is 52.8 Å². The summed E-state index contributed by atoms with van der Waals surface area (Å²) in [6.45, 7) is 17.0. The number of pyridine rings is 1. The molecule has 2 amide bonds. The largest absolute Gasteiger partial charge is 0.444 e. The molecule has 7 heteroatoms. The van der Waals surface area contributed by atoms with Crippen LogP contribution in [0, 0.1) is 19.8 Å². The lowest BCUT2D eigenvalue weighted by atomic mass is 9.86. The van der Waals surface area contributed by atoms with E-state index in [2.05, 4.69) is 72.9 Å². The highest BCUT2D eigenvalue weighted by Crippen LogP contribution is 2.39. The lowest BCUT2D eigenvalue weighted by Crippen LogP contribution is -2.47. The number of piperidine rings is 2. The van der Waals surface area contributed by atoms with Crippen LogP contribution in [0.5, 0.6) is 0 Å². The summed E-state index contributed by atoms with van der Waals surface area (Å²) < 4.78 is 5.51. The van der Waals surface area contributed by atoms with E-state index in [9.17, 15) is 9.59 Å². The number of nitrogens with zero attached hydrogens (tertiary/aromatic N) is 3. The van der Waals surface area contributed by atoms with E-state index in [1.54, 1.807) is 4.90 Å². The number of rotatable bonds is 4. The molecule has 5 rings (SSSR count). The summed E-state index contributed by atoms with van der Waals surface area (Å²) >= 11 is 0. The molecule has 7 nitrogen and oxygen atoms in total. The van der Waals surface area contributed by atoms with Crippen LogP contribution >= 0.6 is 0 Å². The zero-order chi connectivity index (χ0) is 29.5. The minimum atomic E-state index is -0.504. The summed E-state index contributed by atoms with van der Waals surface area (Å²) in [4.78, 5) is 37.9. The van der Waals surface area contributed by atoms with Crippen molar-refractivity contribution >= 4 is 22.9 Å². The zero-order valence-corrected chi connectivity index (χ0v) is 25.8. The predicted octanol–water partition coefficient (Wildman–Crippen LogP) is 7.32. The predicted molar refractivity (Wildman–Crippen MR) is 164 cm³/mol. The van der Waals surface area contributed by atoms with Crippen molar-refractivity contribution in [1.29, 1.82) is 0 Å². The quantitative estimate of drug-likeness (QED) is 0.364. The van der Waals surface area contributed by atoms with Gasteiger partial charge < -0.3 is 19.5 Å². The number of amides is 2. The van der Waals surface area contributed by atoms with Crippen LogP contribution in [0.3, 0.4) is 0 Å². The van der Waals surface area contributed by atoms with E-state index in [0.717, 1.165) is 37.3 Å². The van der Waals surface area contributed by atoms with Gasteiger partial charge in [0.15, 0.2) is 0 Å². The molecule has 0 radical (unpaired) electrons. The van der Waals surface area contributed by atoms with E-state index in [0.29, 0.717) is 37.8 Å². The Morgan fingerprint density at radius 1 is 0.927 bits per heavy atom. The fraction of sp³-hybridized carbons (Fsp3) is 0.559. The molecule has 1 aromatic carbocycles. The molecule has 0 atom stereocenters. The Balaban J connectivity index is 1.24. The van der Waals surface area contributed by atoms with Crippen molar-refractivity contribution in [3.63, 3.8) is 0 Å². The van der Waals surface area contributed by atoms with Crippen molar-refractivity contribution in [2.24, 2.45) is 5.92 Å². The molecule has 0 spiro atoms. The number of carbonyl (C=O) groups excluding carboxylic acids is 2. The van der Waals surface area contributed by atoms with Gasteiger partial charge in [-0.1, -0.05) is 19.9 Å². The summed E-state index contributed by atoms with van der Waals surface area (Å²) in [6, 6.07) is 11.2. The smallest absolute Gasteiger partial charge is 0.410 e. The molecule has 2 aliphatic rings. The van der Waals surface area contributed by atoms with Crippen LogP contribution < -0.4 is 0 Å². The van der Waals surface area contributed by atoms with E-state index in [-0.39, 0.29) is 17.9 Å². The van der Waals surface area contributed by atoms with Crippen LogP contribution in [0.25, 0.3) is 22.2 Å². The first-order chi connectivity index (χ1) is 19.4. The minimum absolute atomic E-state index is 0.00563. The van der Waals surface area contributed by atoms with Crippen molar-refractivity contribution in [2.45, 2.75) is 91.6 Å². The fourth-order valence-corrected chi connectivity index (χ4v) is 6.62. The standard InChI is InChI=1S/C34H46N4O3/c1-21(2)30-28-20-26(8-9-29(28)36-31(30)27-18-22(3)35-23(4)19-27)24-10-14-37(15-11-24)32(39)25-12-16-38(17-13-25)33(40)41-34(5,6)7/h8-9,18-21,24-25,36H,10-17H2,1-7H3. The summed E-state index contributed by atoms with van der Waals surface area (Å²) in [6.07, 6.45) is 3.09. The first-order valence-electron chi connectivity index (χ1n) is 15.3. The second kappa shape index (κ2) is 11.5. The molecule has 3 aromatic rings. The summed E-state index contributed by atoms with van der Waals surface area (Å²) in [5.41, 5.74) is 7.84. The average molecular weight is 559 g/mol. The van der Waals surface area contributed by atoms with Gasteiger partial charge in [0.05, 0.1) is 5.69 Å². The van der Waals surface area contributed by atoms with E-state index in [1.165, 1.54) is 33.3 Å². The summed E-state index contributed by atoms with van der Waals surface area (Å²) in [5, 5.41) is 1.30. The Morgan fingerprint density at radius 2 is 1.54 bits per heavy atom. The Labute approximate surface area is 244 Å². The molecule has 0 saturated carbocycles. The van der Waals surface area contributed by atoms with Crippen LogP contribution in [-0.4, -0.2) is 63.5 Å². The van der Waals surface area contributed by atoms with Crippen LogP contribution in [0.1, 0.15) is 94.7 Å². The molecule has 4 heterocycles. The highest BCUT2D eigenvalue weighted by molar-refractivity contribution is 5.92. The molecule has 2 saturated heterocycles. The number of benzene rings is 1. The number of nitrogens with one attached hydrogen (secondary N) is 1. The van der Waals surface area contributed by atoms with E-state index < -0.39 is 5.60 Å². The van der Waals surface area contributed by atoms with Gasteiger partial charge in [0.1, 0.15) is 5.60 Å². The number of fused-ring (bicyclic) bond motifs is 1. The molecule has 1 N–H and O–H groups in total. The van der Waals surface area contributed by atoms with Crippen molar-refractivity contribution in [1.82, 2.24) is 19.8 Å². The van der Waals surface area contributed by atoms with E-state index >= 15 is 0 Å². The molecule has 220 valence electrons. The van der Waals surface area contributed by atoms with Crippen LogP contribution in [-0.2, 0) is 9.53 Å². The zero-order valence-electron chi connectivity index (χ0n) is 25.8. The number of carbonyl (C=O) groups is 2. The van der Waals surface area contributed by atoms with Gasteiger partial charge in [0, 0.05) is 60.0 Å². The monoisotopic (exact) mass is 558 g/mol. The Hall–Kier alpha value is -3.35. The van der Waals surface area contributed by atoms with Crippen molar-refractivity contribution < 1.29 is 14.3 Å². The molecular weight excluding hydrogens is 512 g/mol. The lowest BCUT2D eigenvalue weighted by Gasteiger charge is -2.37. The van der Waals surface area contributed by atoms with Gasteiger partial charge in [0.25, 0.3) is 0 Å². The average Bonchev–Trinajstić information content (AvgIpc) is 3.31. The van der Waals surface area contributed by atoms with Gasteiger partial charge in [-0.2, -0.15) is 0 Å². The first kappa shape index (κ1) is 29.2. The second-order valence-corrected chi connectivity index (χ2v) is 13.4. The van der Waals surface area contributed by atoms with Gasteiger partial charge in [-0.15, -0.1) is 0 Å². The molecular formula is C34H46N4O3. The fourth-order valence-electron chi connectivity index (χ4n) is 6.62. The highest BCUT2D eigenvalue weighted by atomic mass is 16.6. The van der Waals surface area contributed by atoms with Crippen molar-refractivity contribution in [2.75, 3.05) is 26.2 Å². The van der Waals surface area contributed by atoms with E-state index in [1.807, 2.05) is 20.8 Å². The third kappa shape index (κ3) is 6.44. The lowest BCUT2D eigenvalue weighted by molar-refractivity contribution is -0.138. The number of aromatic nitrogens is 2. The molecule has 2 aromatic heterocycles. The molecule has 41 heavy (non-hydrogen) atoms. The van der Waals surface area contributed by atoms with Crippen LogP contribution in [0.2, 0.25) is 0 Å².